The van der Waals surface area contributed by atoms with Gasteiger partial charge in [-0.2, -0.15) is 9.49 Å². The SMILES string of the molecule is C=C(CN(C(=O)c1c(C(F)F)nn(C)c1F)C1CC1)c1cccc(F)c1F. The molecule has 0 spiro atoms. The number of halogens is 5. The fourth-order valence-corrected chi connectivity index (χ4v) is 2.84. The van der Waals surface area contributed by atoms with Crippen molar-refractivity contribution in [2.45, 2.75) is 25.3 Å². The quantitative estimate of drug-likeness (QED) is 0.703. The van der Waals surface area contributed by atoms with Crippen molar-refractivity contribution in [1.82, 2.24) is 14.7 Å². The molecule has 1 aliphatic carbocycles. The van der Waals surface area contributed by atoms with Crippen LogP contribution in [0.4, 0.5) is 22.0 Å². The summed E-state index contributed by atoms with van der Waals surface area (Å²) < 4.78 is 68.5. The summed E-state index contributed by atoms with van der Waals surface area (Å²) in [6, 6.07) is 3.22. The van der Waals surface area contributed by atoms with Gasteiger partial charge in [-0.25, -0.2) is 22.2 Å². The molecule has 1 aliphatic rings. The Hall–Kier alpha value is -2.71. The van der Waals surface area contributed by atoms with Gasteiger partial charge < -0.3 is 4.90 Å². The van der Waals surface area contributed by atoms with Gasteiger partial charge >= 0.3 is 0 Å². The van der Waals surface area contributed by atoms with E-state index in [1.54, 1.807) is 0 Å². The van der Waals surface area contributed by atoms with E-state index in [0.29, 0.717) is 17.5 Å². The number of alkyl halides is 2. The third-order valence-corrected chi connectivity index (χ3v) is 4.37. The van der Waals surface area contributed by atoms with Crippen LogP contribution in [0.5, 0.6) is 0 Å². The first kappa shape index (κ1) is 19.1. The van der Waals surface area contributed by atoms with Crippen LogP contribution >= 0.6 is 0 Å². The Labute approximate surface area is 151 Å². The third-order valence-electron chi connectivity index (χ3n) is 4.37. The molecule has 0 N–H and O–H groups in total. The number of rotatable bonds is 6. The Morgan fingerprint density at radius 1 is 1.33 bits per heavy atom. The molecule has 0 bridgehead atoms. The number of amides is 1. The molecule has 1 aromatic carbocycles. The van der Waals surface area contributed by atoms with Crippen LogP contribution < -0.4 is 0 Å². The van der Waals surface area contributed by atoms with Crippen molar-refractivity contribution in [2.75, 3.05) is 6.54 Å². The lowest BCUT2D eigenvalue weighted by Gasteiger charge is -2.24. The normalized spacial score (nSPS) is 13.9. The Bertz CT molecular complexity index is 905. The smallest absolute Gasteiger partial charge is 0.283 e. The van der Waals surface area contributed by atoms with Gasteiger partial charge in [0.05, 0.1) is 0 Å². The van der Waals surface area contributed by atoms with E-state index in [1.165, 1.54) is 12.1 Å². The van der Waals surface area contributed by atoms with Crippen LogP contribution in [0.25, 0.3) is 5.57 Å². The van der Waals surface area contributed by atoms with Gasteiger partial charge in [0.15, 0.2) is 11.6 Å². The molecule has 2 aromatic rings. The molecule has 0 atom stereocenters. The van der Waals surface area contributed by atoms with Crippen molar-refractivity contribution >= 4 is 11.5 Å². The predicted octanol–water partition coefficient (Wildman–Crippen LogP) is 4.09. The summed E-state index contributed by atoms with van der Waals surface area (Å²) in [5.41, 5.74) is -1.82. The number of benzene rings is 1. The maximum atomic E-state index is 14.2. The van der Waals surface area contributed by atoms with Gasteiger partial charge in [0.1, 0.15) is 11.3 Å². The van der Waals surface area contributed by atoms with Crippen molar-refractivity contribution in [3.05, 3.63) is 59.2 Å². The standard InChI is InChI=1S/C18H16F5N3O/c1-9(11-4-3-5-12(19)14(11)20)8-26(10-6-7-10)18(27)13-15(16(21)22)24-25(2)17(13)23/h3-5,10,16H,1,6-8H2,2H3. The third kappa shape index (κ3) is 3.58. The van der Waals surface area contributed by atoms with Crippen molar-refractivity contribution < 1.29 is 26.7 Å². The number of nitrogens with zero attached hydrogens (tertiary/aromatic N) is 3. The highest BCUT2D eigenvalue weighted by Gasteiger charge is 2.38. The van der Waals surface area contributed by atoms with Crippen molar-refractivity contribution in [3.8, 4) is 0 Å². The van der Waals surface area contributed by atoms with Crippen LogP contribution in [-0.4, -0.2) is 33.2 Å². The van der Waals surface area contributed by atoms with Crippen molar-refractivity contribution in [1.29, 1.82) is 0 Å². The van der Waals surface area contributed by atoms with E-state index in [2.05, 4.69) is 11.7 Å². The molecule has 1 amide bonds. The highest BCUT2D eigenvalue weighted by Crippen LogP contribution is 2.33. The summed E-state index contributed by atoms with van der Waals surface area (Å²) in [4.78, 5) is 13.9. The molecule has 27 heavy (non-hydrogen) atoms. The lowest BCUT2D eigenvalue weighted by molar-refractivity contribution is 0.0747. The molecular formula is C18H16F5N3O. The van der Waals surface area contributed by atoms with Gasteiger partial charge in [-0.15, -0.1) is 0 Å². The van der Waals surface area contributed by atoms with E-state index >= 15 is 0 Å². The zero-order valence-corrected chi connectivity index (χ0v) is 14.4. The first-order valence-electron chi connectivity index (χ1n) is 8.16. The largest absolute Gasteiger partial charge is 0.331 e. The topological polar surface area (TPSA) is 38.1 Å². The van der Waals surface area contributed by atoms with Crippen molar-refractivity contribution in [3.63, 3.8) is 0 Å². The van der Waals surface area contributed by atoms with Gasteiger partial charge in [0.2, 0.25) is 5.95 Å². The molecule has 3 rings (SSSR count). The maximum absolute atomic E-state index is 14.2. The van der Waals surface area contributed by atoms with E-state index in [0.717, 1.165) is 18.0 Å². The lowest BCUT2D eigenvalue weighted by atomic mass is 10.1. The number of aromatic nitrogens is 2. The predicted molar refractivity (Wildman–Crippen MR) is 87.6 cm³/mol. The summed E-state index contributed by atoms with van der Waals surface area (Å²) in [5.74, 6) is -4.34. The summed E-state index contributed by atoms with van der Waals surface area (Å²) in [6.45, 7) is 3.43. The maximum Gasteiger partial charge on any atom is 0.283 e. The van der Waals surface area contributed by atoms with E-state index in [-0.39, 0.29) is 23.7 Å². The second-order valence-electron chi connectivity index (χ2n) is 6.34. The molecule has 0 radical (unpaired) electrons. The minimum Gasteiger partial charge on any atom is -0.331 e. The van der Waals surface area contributed by atoms with Crippen LogP contribution in [0.2, 0.25) is 0 Å². The highest BCUT2D eigenvalue weighted by molar-refractivity contribution is 5.96. The number of hydrogen-bond donors (Lipinski definition) is 0. The van der Waals surface area contributed by atoms with Gasteiger partial charge in [-0.3, -0.25) is 4.79 Å². The fourth-order valence-electron chi connectivity index (χ4n) is 2.84. The molecule has 144 valence electrons. The molecule has 0 saturated heterocycles. The average Bonchev–Trinajstić information content (AvgIpc) is 3.40. The van der Waals surface area contributed by atoms with Gasteiger partial charge in [0.25, 0.3) is 12.3 Å². The first-order chi connectivity index (χ1) is 12.7. The van der Waals surface area contributed by atoms with E-state index in [1.807, 2.05) is 0 Å². The summed E-state index contributed by atoms with van der Waals surface area (Å²) in [5, 5.41) is 3.37. The van der Waals surface area contributed by atoms with Crippen LogP contribution in [0.15, 0.2) is 24.8 Å². The second-order valence-corrected chi connectivity index (χ2v) is 6.34. The molecule has 0 aliphatic heterocycles. The Kier molecular flexibility index (Phi) is 5.03. The monoisotopic (exact) mass is 385 g/mol. The summed E-state index contributed by atoms with van der Waals surface area (Å²) in [7, 11) is 1.11. The number of carbonyl (C=O) groups excluding carboxylic acids is 1. The Morgan fingerprint density at radius 3 is 2.59 bits per heavy atom. The number of hydrogen-bond acceptors (Lipinski definition) is 2. The minimum atomic E-state index is -3.13. The first-order valence-corrected chi connectivity index (χ1v) is 8.16. The molecule has 0 unspecified atom stereocenters. The molecule has 1 aromatic heterocycles. The molecule has 1 saturated carbocycles. The molecule has 9 heteroatoms. The molecule has 1 heterocycles. The van der Waals surface area contributed by atoms with Crippen LogP contribution in [0, 0.1) is 17.6 Å². The molecule has 4 nitrogen and oxygen atoms in total. The zero-order chi connectivity index (χ0) is 19.9. The van der Waals surface area contributed by atoms with Crippen molar-refractivity contribution in [2.24, 2.45) is 7.05 Å². The van der Waals surface area contributed by atoms with Gasteiger partial charge in [-0.1, -0.05) is 18.7 Å². The van der Waals surface area contributed by atoms with Gasteiger partial charge in [0, 0.05) is 25.2 Å². The molecule has 1 fully saturated rings. The van der Waals surface area contributed by atoms with E-state index in [4.69, 9.17) is 0 Å². The molecular weight excluding hydrogens is 369 g/mol. The van der Waals surface area contributed by atoms with Crippen LogP contribution in [0.3, 0.4) is 0 Å². The fraction of sp³-hybridized carbons (Fsp3) is 0.333. The summed E-state index contributed by atoms with van der Waals surface area (Å²) >= 11 is 0. The van der Waals surface area contributed by atoms with E-state index in [9.17, 15) is 26.7 Å². The lowest BCUT2D eigenvalue weighted by Crippen LogP contribution is -2.35. The van der Waals surface area contributed by atoms with E-state index < -0.39 is 41.2 Å². The van der Waals surface area contributed by atoms with Gasteiger partial charge in [-0.05, 0) is 24.5 Å². The second kappa shape index (κ2) is 7.13. The number of aryl methyl sites for hydroxylation is 1. The Balaban J connectivity index is 1.92. The number of carbonyl (C=O) groups is 1. The van der Waals surface area contributed by atoms with Crippen LogP contribution in [0.1, 0.15) is 40.9 Å². The Morgan fingerprint density at radius 2 is 2.00 bits per heavy atom. The highest BCUT2D eigenvalue weighted by atomic mass is 19.3. The average molecular weight is 385 g/mol. The minimum absolute atomic E-state index is 0.0788. The zero-order valence-electron chi connectivity index (χ0n) is 14.4. The van der Waals surface area contributed by atoms with Crippen LogP contribution in [-0.2, 0) is 7.05 Å². The summed E-state index contributed by atoms with van der Waals surface area (Å²) in [6.07, 6.45) is -1.95.